The van der Waals surface area contributed by atoms with E-state index in [0.29, 0.717) is 5.75 Å². The Kier molecular flexibility index (Phi) is 4.82. The van der Waals surface area contributed by atoms with E-state index in [4.69, 9.17) is 4.74 Å². The van der Waals surface area contributed by atoms with Crippen molar-refractivity contribution in [1.29, 1.82) is 0 Å². The van der Waals surface area contributed by atoms with Gasteiger partial charge in [0.2, 0.25) is 0 Å². The summed E-state index contributed by atoms with van der Waals surface area (Å²) in [5.41, 5.74) is 2.46. The summed E-state index contributed by atoms with van der Waals surface area (Å²) < 4.78 is 5.02. The fourth-order valence-electron chi connectivity index (χ4n) is 2.00. The molecule has 2 aromatic rings. The Morgan fingerprint density at radius 1 is 1.26 bits per heavy atom. The van der Waals surface area contributed by atoms with Gasteiger partial charge in [-0.1, -0.05) is 13.0 Å². The Morgan fingerprint density at radius 3 is 2.79 bits per heavy atom. The minimum absolute atomic E-state index is 0.187. The molecule has 2 rings (SSSR count). The molecule has 4 heteroatoms. The van der Waals surface area contributed by atoms with E-state index in [1.54, 1.807) is 30.6 Å². The van der Waals surface area contributed by atoms with Gasteiger partial charge in [-0.05, 0) is 41.1 Å². The number of phenols is 1. The van der Waals surface area contributed by atoms with E-state index >= 15 is 0 Å². The number of hydrogen-bond donors (Lipinski definition) is 2. The van der Waals surface area contributed by atoms with Crippen LogP contribution in [0.5, 0.6) is 11.5 Å². The van der Waals surface area contributed by atoms with Gasteiger partial charge in [0, 0.05) is 18.0 Å². The molecule has 0 fully saturated rings. The van der Waals surface area contributed by atoms with Gasteiger partial charge in [-0.2, -0.15) is 0 Å². The largest absolute Gasteiger partial charge is 0.504 e. The molecule has 0 aliphatic heterocycles. The van der Waals surface area contributed by atoms with E-state index in [-0.39, 0.29) is 5.75 Å². The number of thiophene rings is 1. The Bertz CT molecular complexity index is 537. The van der Waals surface area contributed by atoms with Crippen molar-refractivity contribution in [1.82, 2.24) is 5.32 Å². The third kappa shape index (κ3) is 3.49. The molecule has 0 aliphatic rings. The van der Waals surface area contributed by atoms with Crippen molar-refractivity contribution in [3.05, 3.63) is 45.6 Å². The van der Waals surface area contributed by atoms with Crippen LogP contribution in [0.3, 0.4) is 0 Å². The van der Waals surface area contributed by atoms with Crippen LogP contribution in [0.1, 0.15) is 22.9 Å². The summed E-state index contributed by atoms with van der Waals surface area (Å²) in [6.45, 7) is 3.78. The molecule has 0 saturated carbocycles. The van der Waals surface area contributed by atoms with Gasteiger partial charge < -0.3 is 15.2 Å². The first-order valence-corrected chi connectivity index (χ1v) is 7.24. The van der Waals surface area contributed by atoms with E-state index < -0.39 is 0 Å². The van der Waals surface area contributed by atoms with E-state index in [9.17, 15) is 5.11 Å². The van der Waals surface area contributed by atoms with Gasteiger partial charge in [-0.25, -0.2) is 0 Å². The molecule has 0 bridgehead atoms. The van der Waals surface area contributed by atoms with Gasteiger partial charge in [-0.3, -0.25) is 0 Å². The molecule has 0 aliphatic carbocycles. The first-order chi connectivity index (χ1) is 9.24. The van der Waals surface area contributed by atoms with Crippen LogP contribution in [0.25, 0.3) is 0 Å². The van der Waals surface area contributed by atoms with Gasteiger partial charge in [0.05, 0.1) is 7.11 Å². The Balaban J connectivity index is 1.91. The van der Waals surface area contributed by atoms with Crippen LogP contribution in [-0.4, -0.2) is 12.2 Å². The molecule has 1 aromatic carbocycles. The summed E-state index contributed by atoms with van der Waals surface area (Å²) in [6, 6.07) is 7.66. The average molecular weight is 277 g/mol. The number of aryl methyl sites for hydroxylation is 1. The lowest BCUT2D eigenvalue weighted by Gasteiger charge is -2.08. The van der Waals surface area contributed by atoms with E-state index in [1.165, 1.54) is 10.4 Å². The smallest absolute Gasteiger partial charge is 0.160 e. The van der Waals surface area contributed by atoms with Crippen molar-refractivity contribution in [3.8, 4) is 11.5 Å². The van der Waals surface area contributed by atoms with Crippen LogP contribution >= 0.6 is 11.3 Å². The number of phenolic OH excluding ortho intramolecular Hbond substituents is 1. The molecule has 1 heterocycles. The molecular weight excluding hydrogens is 258 g/mol. The summed E-state index contributed by atoms with van der Waals surface area (Å²) >= 11 is 1.79. The number of hydrogen-bond acceptors (Lipinski definition) is 4. The first-order valence-electron chi connectivity index (χ1n) is 6.36. The van der Waals surface area contributed by atoms with E-state index in [2.05, 4.69) is 23.7 Å². The normalized spacial score (nSPS) is 10.6. The number of rotatable bonds is 6. The maximum atomic E-state index is 9.71. The van der Waals surface area contributed by atoms with Crippen LogP contribution in [0.2, 0.25) is 0 Å². The van der Waals surface area contributed by atoms with Crippen LogP contribution < -0.4 is 10.1 Å². The fraction of sp³-hybridized carbons (Fsp3) is 0.333. The molecule has 1 aromatic heterocycles. The highest BCUT2D eigenvalue weighted by Crippen LogP contribution is 2.26. The average Bonchev–Trinajstić information content (AvgIpc) is 2.86. The topological polar surface area (TPSA) is 41.5 Å². The first kappa shape index (κ1) is 13.9. The Morgan fingerprint density at radius 2 is 2.11 bits per heavy atom. The van der Waals surface area contributed by atoms with Crippen molar-refractivity contribution < 1.29 is 9.84 Å². The molecule has 0 spiro atoms. The molecule has 0 radical (unpaired) electrons. The zero-order valence-electron chi connectivity index (χ0n) is 11.3. The van der Waals surface area contributed by atoms with Crippen LogP contribution in [0, 0.1) is 0 Å². The van der Waals surface area contributed by atoms with Crippen LogP contribution in [0.4, 0.5) is 0 Å². The zero-order valence-corrected chi connectivity index (χ0v) is 12.1. The summed E-state index contributed by atoms with van der Waals surface area (Å²) in [4.78, 5) is 1.39. The number of aromatic hydroxyl groups is 1. The predicted octanol–water partition coefficient (Wildman–Crippen LogP) is 3.31. The lowest BCUT2D eigenvalue weighted by molar-refractivity contribution is 0.373. The molecule has 0 atom stereocenters. The van der Waals surface area contributed by atoms with Gasteiger partial charge >= 0.3 is 0 Å². The highest BCUT2D eigenvalue weighted by Gasteiger charge is 2.04. The van der Waals surface area contributed by atoms with E-state index in [0.717, 1.165) is 25.1 Å². The second-order valence-electron chi connectivity index (χ2n) is 4.33. The second kappa shape index (κ2) is 6.59. The van der Waals surface area contributed by atoms with Gasteiger partial charge in [0.15, 0.2) is 11.5 Å². The van der Waals surface area contributed by atoms with E-state index in [1.807, 2.05) is 6.07 Å². The van der Waals surface area contributed by atoms with Gasteiger partial charge in [0.25, 0.3) is 0 Å². The molecule has 0 unspecified atom stereocenters. The maximum Gasteiger partial charge on any atom is 0.160 e. The molecule has 2 N–H and O–H groups in total. The summed E-state index contributed by atoms with van der Waals surface area (Å²) in [6.07, 6.45) is 1.07. The molecular formula is C15H19NO2S. The third-order valence-corrected chi connectivity index (χ3v) is 4.04. The van der Waals surface area contributed by atoms with Crippen LogP contribution in [-0.2, 0) is 19.5 Å². The summed E-state index contributed by atoms with van der Waals surface area (Å²) in [5.74, 6) is 0.697. The highest BCUT2D eigenvalue weighted by molar-refractivity contribution is 7.10. The molecule has 19 heavy (non-hydrogen) atoms. The van der Waals surface area contributed by atoms with Crippen molar-refractivity contribution in [2.45, 2.75) is 26.4 Å². The quantitative estimate of drug-likeness (QED) is 0.851. The standard InChI is InChI=1S/C15H19NO2S/c1-3-12-6-7-19-15(12)10-16-9-11-4-5-14(18-2)13(17)8-11/h4-8,16-17H,3,9-10H2,1-2H3. The molecule has 0 saturated heterocycles. The highest BCUT2D eigenvalue weighted by atomic mass is 32.1. The number of methoxy groups -OCH3 is 1. The minimum Gasteiger partial charge on any atom is -0.504 e. The Hall–Kier alpha value is -1.52. The maximum absolute atomic E-state index is 9.71. The summed E-state index contributed by atoms with van der Waals surface area (Å²) in [5, 5.41) is 15.2. The predicted molar refractivity (Wildman–Crippen MR) is 78.9 cm³/mol. The molecule has 3 nitrogen and oxygen atoms in total. The second-order valence-corrected chi connectivity index (χ2v) is 5.33. The Labute approximate surface area is 117 Å². The van der Waals surface area contributed by atoms with Crippen LogP contribution in [0.15, 0.2) is 29.6 Å². The monoisotopic (exact) mass is 277 g/mol. The third-order valence-electron chi connectivity index (χ3n) is 3.08. The fourth-order valence-corrected chi connectivity index (χ4v) is 2.95. The van der Waals surface area contributed by atoms with Crippen molar-refractivity contribution in [2.24, 2.45) is 0 Å². The zero-order chi connectivity index (χ0) is 13.7. The summed E-state index contributed by atoms with van der Waals surface area (Å²) in [7, 11) is 1.55. The number of nitrogens with one attached hydrogen (secondary N) is 1. The van der Waals surface area contributed by atoms with Crippen molar-refractivity contribution in [3.63, 3.8) is 0 Å². The minimum atomic E-state index is 0.187. The van der Waals surface area contributed by atoms with Gasteiger partial charge in [0.1, 0.15) is 0 Å². The lowest BCUT2D eigenvalue weighted by Crippen LogP contribution is -2.12. The SMILES string of the molecule is CCc1ccsc1CNCc1ccc(OC)c(O)c1. The lowest BCUT2D eigenvalue weighted by atomic mass is 10.2. The van der Waals surface area contributed by atoms with Crippen molar-refractivity contribution >= 4 is 11.3 Å². The van der Waals surface area contributed by atoms with Crippen molar-refractivity contribution in [2.75, 3.05) is 7.11 Å². The molecule has 0 amide bonds. The molecule has 102 valence electrons. The number of ether oxygens (including phenoxy) is 1. The van der Waals surface area contributed by atoms with Gasteiger partial charge in [-0.15, -0.1) is 11.3 Å². The number of benzene rings is 1.